The Balaban J connectivity index is 2.64. The lowest BCUT2D eigenvalue weighted by molar-refractivity contribution is -0.138. The Kier molecular flexibility index (Phi) is 5.62. The first-order chi connectivity index (χ1) is 11.3. The van der Waals surface area contributed by atoms with Crippen LogP contribution in [0.3, 0.4) is 0 Å². The second kappa shape index (κ2) is 7.32. The molecule has 0 fully saturated rings. The molecule has 0 spiro atoms. The molecule has 0 heterocycles. The Morgan fingerprint density at radius 2 is 1.42 bits per heavy atom. The minimum atomic E-state index is -2.64. The van der Waals surface area contributed by atoms with E-state index < -0.39 is 14.3 Å². The van der Waals surface area contributed by atoms with E-state index in [1.54, 1.807) is 0 Å². The molecule has 0 radical (unpaired) electrons. The van der Waals surface area contributed by atoms with E-state index in [-0.39, 0.29) is 17.6 Å². The fraction of sp³-hybridized carbons (Fsp3) is 0.350. The summed E-state index contributed by atoms with van der Waals surface area (Å²) in [6, 6.07) is 20.5. The number of aliphatic carboxylic acids is 1. The molecule has 0 amide bonds. The van der Waals surface area contributed by atoms with E-state index in [0.717, 1.165) is 0 Å². The zero-order valence-electron chi connectivity index (χ0n) is 14.8. The van der Waals surface area contributed by atoms with Crippen LogP contribution in [0.2, 0.25) is 5.04 Å². The van der Waals surface area contributed by atoms with Crippen LogP contribution in [-0.4, -0.2) is 25.5 Å². The van der Waals surface area contributed by atoms with Gasteiger partial charge in [-0.2, -0.15) is 0 Å². The molecule has 0 bridgehead atoms. The highest BCUT2D eigenvalue weighted by Gasteiger charge is 2.51. The molecular formula is C20H26O3Si. The number of hydrogen-bond acceptors (Lipinski definition) is 2. The van der Waals surface area contributed by atoms with Crippen molar-refractivity contribution >= 4 is 24.7 Å². The predicted octanol–water partition coefficient (Wildman–Crippen LogP) is 3.43. The average molecular weight is 343 g/mol. The number of rotatable bonds is 6. The van der Waals surface area contributed by atoms with Gasteiger partial charge in [0.15, 0.2) is 0 Å². The number of carboxylic acids is 1. The van der Waals surface area contributed by atoms with Crippen LogP contribution in [0.1, 0.15) is 34.1 Å². The fourth-order valence-electron chi connectivity index (χ4n) is 3.28. The molecule has 0 aromatic heterocycles. The van der Waals surface area contributed by atoms with Gasteiger partial charge in [0.05, 0.1) is 12.5 Å². The molecule has 128 valence electrons. The molecule has 3 nitrogen and oxygen atoms in total. The topological polar surface area (TPSA) is 46.5 Å². The Hall–Kier alpha value is -1.91. The fourth-order valence-corrected chi connectivity index (χ4v) is 7.98. The Labute approximate surface area is 145 Å². The number of carboxylic acid groups (broad SMARTS) is 1. The third-order valence-electron chi connectivity index (χ3n) is 4.26. The zero-order valence-corrected chi connectivity index (χ0v) is 15.8. The summed E-state index contributed by atoms with van der Waals surface area (Å²) in [6.45, 7) is 8.42. The van der Waals surface area contributed by atoms with Crippen molar-refractivity contribution in [2.24, 2.45) is 0 Å². The highest BCUT2D eigenvalue weighted by atomic mass is 28.4. The summed E-state index contributed by atoms with van der Waals surface area (Å²) in [4.78, 5) is 11.2. The first-order valence-corrected chi connectivity index (χ1v) is 10.2. The lowest BCUT2D eigenvalue weighted by atomic mass is 10.2. The van der Waals surface area contributed by atoms with Crippen molar-refractivity contribution in [3.8, 4) is 0 Å². The van der Waals surface area contributed by atoms with Crippen molar-refractivity contribution in [1.29, 1.82) is 0 Å². The van der Waals surface area contributed by atoms with Crippen molar-refractivity contribution in [1.82, 2.24) is 0 Å². The molecule has 2 aromatic rings. The van der Waals surface area contributed by atoms with Gasteiger partial charge in [-0.3, -0.25) is 4.79 Å². The normalized spacial score (nSPS) is 13.5. The van der Waals surface area contributed by atoms with Gasteiger partial charge in [-0.05, 0) is 22.3 Å². The zero-order chi connectivity index (χ0) is 17.8. The van der Waals surface area contributed by atoms with Gasteiger partial charge in [0.1, 0.15) is 0 Å². The van der Waals surface area contributed by atoms with E-state index >= 15 is 0 Å². The molecule has 24 heavy (non-hydrogen) atoms. The molecule has 0 saturated heterocycles. The standard InChI is InChI=1S/C20H26O3Si/c1-16(15-19(21)22)23-24(20(2,3)4,17-11-7-5-8-12-17)18-13-9-6-10-14-18/h5-14,16H,15H2,1-4H3,(H,21,22)/t16-/m1/s1. The van der Waals surface area contributed by atoms with Crippen molar-refractivity contribution < 1.29 is 14.3 Å². The second-order valence-corrected chi connectivity index (χ2v) is 11.4. The van der Waals surface area contributed by atoms with Gasteiger partial charge in [0.2, 0.25) is 0 Å². The number of carbonyl (C=O) groups is 1. The molecule has 0 unspecified atom stereocenters. The van der Waals surface area contributed by atoms with E-state index in [4.69, 9.17) is 9.53 Å². The van der Waals surface area contributed by atoms with Crippen molar-refractivity contribution in [2.75, 3.05) is 0 Å². The highest BCUT2D eigenvalue weighted by molar-refractivity contribution is 6.99. The molecule has 0 aliphatic heterocycles. The maximum Gasteiger partial charge on any atom is 0.305 e. The van der Waals surface area contributed by atoms with E-state index in [1.165, 1.54) is 10.4 Å². The Morgan fingerprint density at radius 3 is 1.75 bits per heavy atom. The molecule has 4 heteroatoms. The van der Waals surface area contributed by atoms with E-state index in [2.05, 4.69) is 45.0 Å². The van der Waals surface area contributed by atoms with Crippen molar-refractivity contribution in [3.05, 3.63) is 60.7 Å². The molecule has 0 saturated carbocycles. The van der Waals surface area contributed by atoms with Gasteiger partial charge in [0, 0.05) is 0 Å². The van der Waals surface area contributed by atoms with Crippen molar-refractivity contribution in [3.63, 3.8) is 0 Å². The minimum absolute atomic E-state index is 0.00446. The van der Waals surface area contributed by atoms with Gasteiger partial charge < -0.3 is 9.53 Å². The van der Waals surface area contributed by atoms with Gasteiger partial charge in [0.25, 0.3) is 8.32 Å². The van der Waals surface area contributed by atoms with E-state index in [1.807, 2.05) is 43.3 Å². The first kappa shape index (κ1) is 18.4. The quantitative estimate of drug-likeness (QED) is 0.818. The van der Waals surface area contributed by atoms with E-state index in [0.29, 0.717) is 0 Å². The third kappa shape index (κ3) is 3.76. The van der Waals surface area contributed by atoms with Crippen LogP contribution in [0.5, 0.6) is 0 Å². The number of benzene rings is 2. The molecule has 0 aliphatic rings. The maximum absolute atomic E-state index is 11.2. The van der Waals surface area contributed by atoms with Crippen LogP contribution in [0.25, 0.3) is 0 Å². The average Bonchev–Trinajstić information content (AvgIpc) is 2.52. The van der Waals surface area contributed by atoms with Crippen LogP contribution in [0.15, 0.2) is 60.7 Å². The van der Waals surface area contributed by atoms with Gasteiger partial charge in [-0.15, -0.1) is 0 Å². The molecule has 2 rings (SSSR count). The SMILES string of the molecule is C[C@H](CC(=O)O)O[Si](c1ccccc1)(c1ccccc1)C(C)(C)C. The van der Waals surface area contributed by atoms with Crippen LogP contribution in [-0.2, 0) is 9.22 Å². The monoisotopic (exact) mass is 342 g/mol. The summed E-state index contributed by atoms with van der Waals surface area (Å²) in [5.41, 5.74) is 0. The van der Waals surface area contributed by atoms with Crippen LogP contribution >= 0.6 is 0 Å². The molecule has 2 aromatic carbocycles. The summed E-state index contributed by atoms with van der Waals surface area (Å²) in [6.07, 6.45) is -0.348. The number of hydrogen-bond donors (Lipinski definition) is 1. The lowest BCUT2D eigenvalue weighted by Gasteiger charge is -2.44. The smallest absolute Gasteiger partial charge is 0.305 e. The van der Waals surface area contributed by atoms with Crippen LogP contribution < -0.4 is 10.4 Å². The largest absolute Gasteiger partial charge is 0.481 e. The molecule has 0 aliphatic carbocycles. The lowest BCUT2D eigenvalue weighted by Crippen LogP contribution is -2.67. The second-order valence-electron chi connectivity index (χ2n) is 7.19. The Bertz CT molecular complexity index is 623. The van der Waals surface area contributed by atoms with Crippen molar-refractivity contribution in [2.45, 2.75) is 45.3 Å². The molecular weight excluding hydrogens is 316 g/mol. The highest BCUT2D eigenvalue weighted by Crippen LogP contribution is 2.37. The summed E-state index contributed by atoms with van der Waals surface area (Å²) < 4.78 is 6.64. The molecule has 1 atom stereocenters. The minimum Gasteiger partial charge on any atom is -0.481 e. The summed E-state index contributed by atoms with van der Waals surface area (Å²) in [5.74, 6) is -0.833. The van der Waals surface area contributed by atoms with Crippen LogP contribution in [0.4, 0.5) is 0 Å². The van der Waals surface area contributed by atoms with Gasteiger partial charge >= 0.3 is 5.97 Å². The first-order valence-electron chi connectivity index (χ1n) is 8.28. The Morgan fingerprint density at radius 1 is 1.00 bits per heavy atom. The summed E-state index contributed by atoms with van der Waals surface area (Å²) in [5, 5.41) is 11.4. The third-order valence-corrected chi connectivity index (χ3v) is 9.42. The summed E-state index contributed by atoms with van der Waals surface area (Å²) in [7, 11) is -2.64. The maximum atomic E-state index is 11.2. The van der Waals surface area contributed by atoms with Crippen LogP contribution in [0, 0.1) is 0 Å². The van der Waals surface area contributed by atoms with Gasteiger partial charge in [-0.25, -0.2) is 0 Å². The van der Waals surface area contributed by atoms with E-state index in [9.17, 15) is 4.79 Å². The van der Waals surface area contributed by atoms with Gasteiger partial charge in [-0.1, -0.05) is 81.4 Å². The summed E-state index contributed by atoms with van der Waals surface area (Å²) >= 11 is 0. The molecule has 1 N–H and O–H groups in total. The predicted molar refractivity (Wildman–Crippen MR) is 100 cm³/mol.